The van der Waals surface area contributed by atoms with Gasteiger partial charge in [-0.3, -0.25) is 4.79 Å². The number of hydrogen-bond donors (Lipinski definition) is 1. The van der Waals surface area contributed by atoms with Crippen molar-refractivity contribution in [3.05, 3.63) is 29.8 Å². The fourth-order valence-corrected chi connectivity index (χ4v) is 3.16. The number of benzene rings is 1. The largest absolute Gasteiger partial charge is 0.493 e. The molecule has 0 spiro atoms. The first-order chi connectivity index (χ1) is 9.33. The van der Waals surface area contributed by atoms with Crippen molar-refractivity contribution in [2.24, 2.45) is 0 Å². The topological polar surface area (TPSA) is 38.3 Å². The van der Waals surface area contributed by atoms with Crippen LogP contribution in [0.3, 0.4) is 0 Å². The standard InChI is InChI=1S/C16H21NO2/c18-16(17-13-6-2-1-3-7-13)10-12-11-19-15-9-5-4-8-14(12)15/h4-5,8-9,12-13H,1-3,6-7,10-11H2,(H,17,18). The summed E-state index contributed by atoms with van der Waals surface area (Å²) in [5, 5.41) is 3.18. The van der Waals surface area contributed by atoms with E-state index in [2.05, 4.69) is 11.4 Å². The maximum Gasteiger partial charge on any atom is 0.220 e. The summed E-state index contributed by atoms with van der Waals surface area (Å²) < 4.78 is 5.62. The van der Waals surface area contributed by atoms with Gasteiger partial charge < -0.3 is 10.1 Å². The van der Waals surface area contributed by atoms with E-state index in [0.29, 0.717) is 19.1 Å². The van der Waals surface area contributed by atoms with Crippen molar-refractivity contribution in [3.8, 4) is 5.75 Å². The molecule has 3 rings (SSSR count). The summed E-state index contributed by atoms with van der Waals surface area (Å²) in [6.45, 7) is 0.636. The second-order valence-electron chi connectivity index (χ2n) is 5.65. The maximum absolute atomic E-state index is 12.1. The average molecular weight is 259 g/mol. The number of nitrogens with one attached hydrogen (secondary N) is 1. The van der Waals surface area contributed by atoms with Crippen molar-refractivity contribution < 1.29 is 9.53 Å². The van der Waals surface area contributed by atoms with Crippen LogP contribution in [0.1, 0.15) is 50.0 Å². The Morgan fingerprint density at radius 1 is 1.21 bits per heavy atom. The third-order valence-electron chi connectivity index (χ3n) is 4.20. The second-order valence-corrected chi connectivity index (χ2v) is 5.65. The molecule has 0 aromatic heterocycles. The van der Waals surface area contributed by atoms with E-state index in [1.54, 1.807) is 0 Å². The Bertz CT molecular complexity index is 452. The van der Waals surface area contributed by atoms with Crippen LogP contribution in [0, 0.1) is 0 Å². The molecule has 0 saturated heterocycles. The number of carbonyl (C=O) groups is 1. The molecular weight excluding hydrogens is 238 g/mol. The summed E-state index contributed by atoms with van der Waals surface area (Å²) in [7, 11) is 0. The van der Waals surface area contributed by atoms with Gasteiger partial charge in [0.15, 0.2) is 0 Å². The molecule has 1 atom stereocenters. The van der Waals surface area contributed by atoms with Crippen molar-refractivity contribution in [1.82, 2.24) is 5.32 Å². The van der Waals surface area contributed by atoms with E-state index in [4.69, 9.17) is 4.74 Å². The van der Waals surface area contributed by atoms with E-state index < -0.39 is 0 Å². The minimum Gasteiger partial charge on any atom is -0.493 e. The van der Waals surface area contributed by atoms with E-state index in [1.165, 1.54) is 24.8 Å². The maximum atomic E-state index is 12.1. The predicted molar refractivity (Wildman–Crippen MR) is 74.3 cm³/mol. The first kappa shape index (κ1) is 12.5. The van der Waals surface area contributed by atoms with Gasteiger partial charge in [0.05, 0.1) is 6.61 Å². The Hall–Kier alpha value is -1.51. The molecule has 19 heavy (non-hydrogen) atoms. The van der Waals surface area contributed by atoms with Crippen LogP contribution in [-0.4, -0.2) is 18.6 Å². The van der Waals surface area contributed by atoms with E-state index in [0.717, 1.165) is 18.6 Å². The molecule has 1 fully saturated rings. The van der Waals surface area contributed by atoms with Crippen molar-refractivity contribution in [2.45, 2.75) is 50.5 Å². The first-order valence-corrected chi connectivity index (χ1v) is 7.34. The summed E-state index contributed by atoms with van der Waals surface area (Å²) >= 11 is 0. The normalized spacial score (nSPS) is 22.6. The highest BCUT2D eigenvalue weighted by atomic mass is 16.5. The van der Waals surface area contributed by atoms with Gasteiger partial charge >= 0.3 is 0 Å². The third kappa shape index (κ3) is 2.91. The summed E-state index contributed by atoms with van der Waals surface area (Å²) in [6, 6.07) is 8.44. The molecule has 1 amide bonds. The van der Waals surface area contributed by atoms with Crippen molar-refractivity contribution in [3.63, 3.8) is 0 Å². The molecule has 2 aliphatic rings. The Labute approximate surface area is 114 Å². The van der Waals surface area contributed by atoms with Crippen LogP contribution in [0.2, 0.25) is 0 Å². The zero-order chi connectivity index (χ0) is 13.1. The van der Waals surface area contributed by atoms with Gasteiger partial charge in [0, 0.05) is 23.9 Å². The Balaban J connectivity index is 1.55. The number of amides is 1. The number of carbonyl (C=O) groups excluding carboxylic acids is 1. The molecular formula is C16H21NO2. The van der Waals surface area contributed by atoms with Gasteiger partial charge in [0.2, 0.25) is 5.91 Å². The number of para-hydroxylation sites is 1. The molecule has 1 N–H and O–H groups in total. The highest BCUT2D eigenvalue weighted by molar-refractivity contribution is 5.77. The lowest BCUT2D eigenvalue weighted by Gasteiger charge is -2.23. The smallest absolute Gasteiger partial charge is 0.220 e. The van der Waals surface area contributed by atoms with Gasteiger partial charge in [-0.2, -0.15) is 0 Å². The lowest BCUT2D eigenvalue weighted by Crippen LogP contribution is -2.36. The highest BCUT2D eigenvalue weighted by Gasteiger charge is 2.26. The van der Waals surface area contributed by atoms with Gasteiger partial charge in [0.1, 0.15) is 5.75 Å². The van der Waals surface area contributed by atoms with Crippen LogP contribution in [-0.2, 0) is 4.79 Å². The molecule has 1 aliphatic heterocycles. The van der Waals surface area contributed by atoms with Crippen LogP contribution in [0.25, 0.3) is 0 Å². The number of ether oxygens (including phenoxy) is 1. The van der Waals surface area contributed by atoms with Crippen molar-refractivity contribution >= 4 is 5.91 Å². The summed E-state index contributed by atoms with van der Waals surface area (Å²) in [5.74, 6) is 1.34. The quantitative estimate of drug-likeness (QED) is 0.906. The minimum atomic E-state index is 0.178. The van der Waals surface area contributed by atoms with Gasteiger partial charge in [-0.05, 0) is 18.9 Å². The van der Waals surface area contributed by atoms with Crippen LogP contribution >= 0.6 is 0 Å². The summed E-state index contributed by atoms with van der Waals surface area (Å²) in [5.41, 5.74) is 1.18. The van der Waals surface area contributed by atoms with Gasteiger partial charge in [-0.25, -0.2) is 0 Å². The predicted octanol–water partition coefficient (Wildman–Crippen LogP) is 3.00. The van der Waals surface area contributed by atoms with Crippen LogP contribution in [0.4, 0.5) is 0 Å². The molecule has 1 aromatic rings. The lowest BCUT2D eigenvalue weighted by molar-refractivity contribution is -0.122. The SMILES string of the molecule is O=C(CC1COc2ccccc21)NC1CCCCC1. The Morgan fingerprint density at radius 3 is 2.84 bits per heavy atom. The average Bonchev–Trinajstić information content (AvgIpc) is 2.83. The van der Waals surface area contributed by atoms with E-state index in [-0.39, 0.29) is 11.8 Å². The van der Waals surface area contributed by atoms with E-state index in [1.807, 2.05) is 18.2 Å². The number of rotatable bonds is 3. The van der Waals surface area contributed by atoms with Crippen LogP contribution in [0.15, 0.2) is 24.3 Å². The molecule has 1 saturated carbocycles. The molecule has 1 unspecified atom stereocenters. The van der Waals surface area contributed by atoms with Gasteiger partial charge in [-0.1, -0.05) is 37.5 Å². The van der Waals surface area contributed by atoms with Gasteiger partial charge in [-0.15, -0.1) is 0 Å². The second kappa shape index (κ2) is 5.64. The fourth-order valence-electron chi connectivity index (χ4n) is 3.16. The Morgan fingerprint density at radius 2 is 2.00 bits per heavy atom. The van der Waals surface area contributed by atoms with E-state index in [9.17, 15) is 4.79 Å². The lowest BCUT2D eigenvalue weighted by atomic mass is 9.94. The van der Waals surface area contributed by atoms with Gasteiger partial charge in [0.25, 0.3) is 0 Å². The molecule has 1 heterocycles. The highest BCUT2D eigenvalue weighted by Crippen LogP contribution is 2.35. The van der Waals surface area contributed by atoms with Crippen LogP contribution in [0.5, 0.6) is 5.75 Å². The van der Waals surface area contributed by atoms with Crippen molar-refractivity contribution in [2.75, 3.05) is 6.61 Å². The third-order valence-corrected chi connectivity index (χ3v) is 4.20. The van der Waals surface area contributed by atoms with Crippen molar-refractivity contribution in [1.29, 1.82) is 0 Å². The zero-order valence-electron chi connectivity index (χ0n) is 11.2. The molecule has 102 valence electrons. The molecule has 3 heteroatoms. The molecule has 3 nitrogen and oxygen atoms in total. The summed E-state index contributed by atoms with van der Waals surface area (Å²) in [4.78, 5) is 12.1. The number of fused-ring (bicyclic) bond motifs is 1. The fraction of sp³-hybridized carbons (Fsp3) is 0.562. The molecule has 0 bridgehead atoms. The molecule has 1 aliphatic carbocycles. The minimum absolute atomic E-state index is 0.178. The van der Waals surface area contributed by atoms with Crippen LogP contribution < -0.4 is 10.1 Å². The number of hydrogen-bond acceptors (Lipinski definition) is 2. The monoisotopic (exact) mass is 259 g/mol. The van der Waals surface area contributed by atoms with E-state index >= 15 is 0 Å². The molecule has 1 aromatic carbocycles. The first-order valence-electron chi connectivity index (χ1n) is 7.34. The zero-order valence-corrected chi connectivity index (χ0v) is 11.2. The Kier molecular flexibility index (Phi) is 3.72. The summed E-state index contributed by atoms with van der Waals surface area (Å²) in [6.07, 6.45) is 6.65. The molecule has 0 radical (unpaired) electrons.